The molecule has 2 N–H and O–H groups in total. The molecule has 0 fully saturated rings. The Bertz CT molecular complexity index is 330. The number of hydrogen-bond donors (Lipinski definition) is 2. The topological polar surface area (TPSA) is 50.4 Å². The van der Waals surface area contributed by atoms with Gasteiger partial charge in [-0.1, -0.05) is 61.2 Å². The average Bonchev–Trinajstić information content (AvgIpc) is 2.51. The zero-order chi connectivity index (χ0) is 18.0. The zero-order valence-electron chi connectivity index (χ0n) is 15.7. The van der Waals surface area contributed by atoms with Crippen LogP contribution in [0, 0.1) is 0 Å². The van der Waals surface area contributed by atoms with Gasteiger partial charge in [0.1, 0.15) is 13.2 Å². The highest BCUT2D eigenvalue weighted by Gasteiger charge is 1.99. The van der Waals surface area contributed by atoms with E-state index in [9.17, 15) is 4.79 Å². The van der Waals surface area contributed by atoms with Crippen LogP contribution in [0.3, 0.4) is 0 Å². The summed E-state index contributed by atoms with van der Waals surface area (Å²) in [6.45, 7) is 11.0. The summed E-state index contributed by atoms with van der Waals surface area (Å²) in [4.78, 5) is 11.6. The van der Waals surface area contributed by atoms with Crippen molar-refractivity contribution >= 4 is 34.8 Å². The Morgan fingerprint density at radius 3 is 2.71 bits per heavy atom. The van der Waals surface area contributed by atoms with E-state index >= 15 is 0 Å². The molecule has 24 heavy (non-hydrogen) atoms. The van der Waals surface area contributed by atoms with Crippen LogP contribution in [-0.4, -0.2) is 50.6 Å². The quantitative estimate of drug-likeness (QED) is 0.187. The lowest BCUT2D eigenvalue weighted by Crippen LogP contribution is -2.24. The lowest BCUT2D eigenvalue weighted by atomic mass is 9.66. The van der Waals surface area contributed by atoms with E-state index in [1.165, 1.54) is 0 Å². The van der Waals surface area contributed by atoms with E-state index in [-0.39, 0.29) is 5.91 Å². The van der Waals surface area contributed by atoms with Crippen LogP contribution >= 0.6 is 21.6 Å². The molecule has 0 unspecified atom stereocenters. The molecule has 0 atom stereocenters. The van der Waals surface area contributed by atoms with Gasteiger partial charge in [0.05, 0.1) is 0 Å². The van der Waals surface area contributed by atoms with E-state index in [0.717, 1.165) is 37.7 Å². The zero-order valence-corrected chi connectivity index (χ0v) is 17.3. The first kappa shape index (κ1) is 23.9. The summed E-state index contributed by atoms with van der Waals surface area (Å²) in [5.74, 6) is 4.48. The van der Waals surface area contributed by atoms with Gasteiger partial charge in [0.2, 0.25) is 5.91 Å². The molecule has 7 heteroatoms. The van der Waals surface area contributed by atoms with Crippen molar-refractivity contribution in [2.45, 2.75) is 58.8 Å². The second-order valence-electron chi connectivity index (χ2n) is 6.20. The predicted octanol–water partition coefficient (Wildman–Crippen LogP) is 3.67. The highest BCUT2D eigenvalue weighted by atomic mass is 33.1. The Hall–Kier alpha value is -0.105. The maximum atomic E-state index is 11.6. The van der Waals surface area contributed by atoms with Gasteiger partial charge in [-0.05, 0) is 12.8 Å². The highest BCUT2D eigenvalue weighted by molar-refractivity contribution is 8.76. The molecule has 0 rings (SSSR count). The van der Waals surface area contributed by atoms with Crippen molar-refractivity contribution in [3.63, 3.8) is 0 Å². The van der Waals surface area contributed by atoms with E-state index in [4.69, 9.17) is 4.74 Å². The molecule has 0 aliphatic heterocycles. The number of carbonyl (C=O) groups excluding carboxylic acids is 1. The largest absolute Gasteiger partial charge is 0.370 e. The molecule has 0 aromatic rings. The van der Waals surface area contributed by atoms with Crippen molar-refractivity contribution in [1.82, 2.24) is 10.6 Å². The summed E-state index contributed by atoms with van der Waals surface area (Å²) in [5, 5.41) is 6.28. The van der Waals surface area contributed by atoms with Gasteiger partial charge in [-0.25, -0.2) is 0 Å². The molecule has 1 amide bonds. The van der Waals surface area contributed by atoms with Gasteiger partial charge in [-0.3, -0.25) is 4.79 Å². The normalized spacial score (nSPS) is 11.6. The van der Waals surface area contributed by atoms with Gasteiger partial charge in [-0.2, -0.15) is 0 Å². The molecule has 0 aliphatic rings. The minimum atomic E-state index is 0.117. The van der Waals surface area contributed by atoms with Gasteiger partial charge < -0.3 is 15.4 Å². The van der Waals surface area contributed by atoms with E-state index in [1.54, 1.807) is 10.8 Å². The minimum Gasteiger partial charge on any atom is -0.370 e. The molecule has 0 aromatic heterocycles. The van der Waals surface area contributed by atoms with Gasteiger partial charge in [0.15, 0.2) is 0 Å². The lowest BCUT2D eigenvalue weighted by Gasteiger charge is -2.07. The van der Waals surface area contributed by atoms with Crippen molar-refractivity contribution in [2.75, 3.05) is 31.4 Å². The first-order chi connectivity index (χ1) is 11.5. The molecule has 0 aliphatic carbocycles. The lowest BCUT2D eigenvalue weighted by molar-refractivity contribution is -0.121. The average molecular weight is 373 g/mol. The number of rotatable bonds is 16. The minimum absolute atomic E-state index is 0.117. The Kier molecular flexibility index (Phi) is 17.6. The van der Waals surface area contributed by atoms with Gasteiger partial charge in [0.25, 0.3) is 0 Å². The number of ether oxygens (including phenoxy) is 1. The van der Waals surface area contributed by atoms with Gasteiger partial charge in [0, 0.05) is 37.9 Å². The molecule has 0 saturated heterocycles. The van der Waals surface area contributed by atoms with Crippen molar-refractivity contribution in [3.05, 3.63) is 12.1 Å². The predicted molar refractivity (Wildman–Crippen MR) is 111 cm³/mol. The number of carbonyl (C=O) groups is 1. The molecule has 0 saturated carbocycles. The molecular formula is C17H34BN2O2S2. The third kappa shape index (κ3) is 19.9. The second kappa shape index (κ2) is 17.7. The van der Waals surface area contributed by atoms with Crippen LogP contribution in [0.4, 0.5) is 0 Å². The molecule has 0 aromatic carbocycles. The van der Waals surface area contributed by atoms with E-state index < -0.39 is 0 Å². The molecule has 0 heterocycles. The summed E-state index contributed by atoms with van der Waals surface area (Å²) in [6.07, 6.45) is 4.37. The smallest absolute Gasteiger partial charge is 0.220 e. The monoisotopic (exact) mass is 373 g/mol. The maximum absolute atomic E-state index is 11.6. The van der Waals surface area contributed by atoms with Crippen molar-refractivity contribution in [2.24, 2.45) is 0 Å². The Morgan fingerprint density at radius 1 is 1.21 bits per heavy atom. The molecule has 0 bridgehead atoms. The summed E-state index contributed by atoms with van der Waals surface area (Å²) < 4.78 is 5.55. The van der Waals surface area contributed by atoms with Crippen molar-refractivity contribution < 1.29 is 9.53 Å². The molecule has 139 valence electrons. The van der Waals surface area contributed by atoms with Crippen LogP contribution < -0.4 is 10.6 Å². The SMILES string of the molecule is CC(C)[B]/C=C/CNC(=O)CCCCOCSSCCNC(C)C. The van der Waals surface area contributed by atoms with Crippen LogP contribution in [-0.2, 0) is 9.53 Å². The molecule has 1 radical (unpaired) electrons. The highest BCUT2D eigenvalue weighted by Crippen LogP contribution is 2.20. The number of amides is 1. The van der Waals surface area contributed by atoms with Crippen LogP contribution in [0.1, 0.15) is 47.0 Å². The first-order valence-corrected chi connectivity index (χ1v) is 11.3. The maximum Gasteiger partial charge on any atom is 0.220 e. The van der Waals surface area contributed by atoms with Gasteiger partial charge >= 0.3 is 0 Å². The van der Waals surface area contributed by atoms with Crippen molar-refractivity contribution in [1.29, 1.82) is 0 Å². The third-order valence-electron chi connectivity index (χ3n) is 2.94. The Balaban J connectivity index is 3.23. The molecular weight excluding hydrogens is 339 g/mol. The van der Waals surface area contributed by atoms with E-state index in [2.05, 4.69) is 45.6 Å². The van der Waals surface area contributed by atoms with E-state index in [1.807, 2.05) is 22.8 Å². The Morgan fingerprint density at radius 2 is 2.00 bits per heavy atom. The van der Waals surface area contributed by atoms with Gasteiger partial charge in [-0.15, -0.1) is 5.98 Å². The number of hydrogen-bond acceptors (Lipinski definition) is 5. The third-order valence-corrected chi connectivity index (χ3v) is 5.03. The standard InChI is InChI=1S/C17H34BN2O2S2/c1-15(2)18-9-7-10-20-17(21)8-5-6-12-22-14-24-23-13-11-19-16(3)4/h7,9,15-16,19H,5-6,8,10-14H2,1-4H3,(H,20,21)/b9-7+. The molecule has 0 spiro atoms. The summed E-state index contributed by atoms with van der Waals surface area (Å²) in [5.41, 5.74) is 0. The summed E-state index contributed by atoms with van der Waals surface area (Å²) in [6, 6.07) is 0.554. The first-order valence-electron chi connectivity index (χ1n) is 8.84. The molecule has 4 nitrogen and oxygen atoms in total. The second-order valence-corrected chi connectivity index (χ2v) is 8.73. The van der Waals surface area contributed by atoms with E-state index in [0.29, 0.717) is 24.8 Å². The van der Waals surface area contributed by atoms with Crippen LogP contribution in [0.5, 0.6) is 0 Å². The summed E-state index contributed by atoms with van der Waals surface area (Å²) in [7, 11) is 5.70. The fourth-order valence-electron chi connectivity index (χ4n) is 1.69. The van der Waals surface area contributed by atoms with Crippen molar-refractivity contribution in [3.8, 4) is 0 Å². The fourth-order valence-corrected chi connectivity index (χ4v) is 3.28. The fraction of sp³-hybridized carbons (Fsp3) is 0.824. The van der Waals surface area contributed by atoms with Crippen LogP contribution in [0.2, 0.25) is 5.82 Å². The van der Waals surface area contributed by atoms with Crippen LogP contribution in [0.25, 0.3) is 0 Å². The summed E-state index contributed by atoms with van der Waals surface area (Å²) >= 11 is 0. The Labute approximate surface area is 157 Å². The van der Waals surface area contributed by atoms with Crippen LogP contribution in [0.15, 0.2) is 12.1 Å². The number of nitrogens with one attached hydrogen (secondary N) is 2. The number of unbranched alkanes of at least 4 members (excludes halogenated alkanes) is 1.